The van der Waals surface area contributed by atoms with Gasteiger partial charge >= 0.3 is 0 Å². The Morgan fingerprint density at radius 2 is 2.43 bits per heavy atom. The lowest BCUT2D eigenvalue weighted by atomic mass is 9.64. The molecule has 1 saturated heterocycles. The number of nitrogens with zero attached hydrogens (tertiary/aromatic N) is 3. The van der Waals surface area contributed by atoms with Gasteiger partial charge in [-0.05, 0) is 43.4 Å². The predicted octanol–water partition coefficient (Wildman–Crippen LogP) is 1.80. The molecule has 1 aromatic rings. The number of carbonyl (C=O) groups excluding carboxylic acids is 1. The number of hydrogen-bond donors (Lipinski definition) is 0. The van der Waals surface area contributed by atoms with Crippen molar-refractivity contribution in [2.45, 2.75) is 31.2 Å². The van der Waals surface area contributed by atoms with Crippen molar-refractivity contribution in [3.8, 4) is 0 Å². The zero-order valence-electron chi connectivity index (χ0n) is 12.8. The summed E-state index contributed by atoms with van der Waals surface area (Å²) in [5.41, 5.74) is 1.44. The van der Waals surface area contributed by atoms with E-state index >= 15 is 0 Å². The molecule has 0 radical (unpaired) electrons. The molecular weight excluding hydrogens is 266 g/mol. The Bertz CT molecular complexity index is 508. The van der Waals surface area contributed by atoms with Gasteiger partial charge in [0.2, 0.25) is 5.91 Å². The van der Waals surface area contributed by atoms with Gasteiger partial charge in [0.25, 0.3) is 0 Å². The maximum absolute atomic E-state index is 11.9. The second-order valence-corrected chi connectivity index (χ2v) is 6.00. The molecule has 1 aliphatic heterocycles. The van der Waals surface area contributed by atoms with Crippen LogP contribution >= 0.6 is 0 Å². The van der Waals surface area contributed by atoms with Crippen molar-refractivity contribution < 1.29 is 9.63 Å². The van der Waals surface area contributed by atoms with E-state index in [0.29, 0.717) is 6.42 Å². The maximum Gasteiger partial charge on any atom is 0.247 e. The van der Waals surface area contributed by atoms with E-state index in [1.165, 1.54) is 37.0 Å². The minimum absolute atomic E-state index is 0.0293. The average molecular weight is 289 g/mol. The summed E-state index contributed by atoms with van der Waals surface area (Å²) in [6.07, 6.45) is 8.01. The summed E-state index contributed by atoms with van der Waals surface area (Å²) in [5, 5.41) is 1.31. The lowest BCUT2D eigenvalue weighted by Gasteiger charge is -2.50. The van der Waals surface area contributed by atoms with E-state index in [2.05, 4.69) is 16.0 Å². The van der Waals surface area contributed by atoms with Gasteiger partial charge in [-0.1, -0.05) is 6.07 Å². The van der Waals surface area contributed by atoms with Crippen molar-refractivity contribution in [3.05, 3.63) is 30.1 Å². The van der Waals surface area contributed by atoms with Crippen LogP contribution in [0.1, 0.15) is 31.2 Å². The molecule has 2 atom stereocenters. The number of aromatic nitrogens is 1. The number of amides is 1. The number of fused-ring (bicyclic) bond motifs is 1. The quantitative estimate of drug-likeness (QED) is 0.776. The smallest absolute Gasteiger partial charge is 0.247 e. The number of hydroxylamine groups is 2. The van der Waals surface area contributed by atoms with Gasteiger partial charge in [-0.3, -0.25) is 19.5 Å². The Morgan fingerprint density at radius 3 is 3.05 bits per heavy atom. The zero-order valence-corrected chi connectivity index (χ0v) is 12.8. The lowest BCUT2D eigenvalue weighted by molar-refractivity contribution is -0.169. The zero-order chi connectivity index (χ0) is 14.9. The standard InChI is InChI=1S/C16H23N3O2/c1-18(21-2)15(20)7-11-19-10-6-13-5-8-16(13,19)14-4-3-9-17-12-14/h3-4,9,12-13H,5-8,10-11H2,1-2H3/t13-,16-/m0/s1. The first-order valence-electron chi connectivity index (χ1n) is 7.64. The monoisotopic (exact) mass is 289 g/mol. The van der Waals surface area contributed by atoms with Crippen LogP contribution in [0.25, 0.3) is 0 Å². The van der Waals surface area contributed by atoms with E-state index in [4.69, 9.17) is 4.84 Å². The normalized spacial score (nSPS) is 28.0. The number of rotatable bonds is 5. The molecule has 2 heterocycles. The molecule has 5 nitrogen and oxygen atoms in total. The molecule has 0 bridgehead atoms. The second-order valence-electron chi connectivity index (χ2n) is 6.00. The third kappa shape index (κ3) is 2.34. The van der Waals surface area contributed by atoms with E-state index in [-0.39, 0.29) is 11.4 Å². The van der Waals surface area contributed by atoms with Crippen molar-refractivity contribution in [3.63, 3.8) is 0 Å². The van der Waals surface area contributed by atoms with Gasteiger partial charge in [0.15, 0.2) is 0 Å². The molecule has 1 amide bonds. The van der Waals surface area contributed by atoms with Crippen LogP contribution < -0.4 is 0 Å². The molecule has 2 fully saturated rings. The first-order valence-corrected chi connectivity index (χ1v) is 7.64. The highest BCUT2D eigenvalue weighted by molar-refractivity contribution is 5.74. The number of hydrogen-bond acceptors (Lipinski definition) is 4. The van der Waals surface area contributed by atoms with Crippen molar-refractivity contribution in [2.75, 3.05) is 27.2 Å². The van der Waals surface area contributed by atoms with Crippen LogP contribution in [-0.4, -0.2) is 48.1 Å². The molecule has 0 aromatic carbocycles. The molecule has 21 heavy (non-hydrogen) atoms. The minimum atomic E-state index is 0.0293. The summed E-state index contributed by atoms with van der Waals surface area (Å²) in [6, 6.07) is 4.19. The van der Waals surface area contributed by atoms with Gasteiger partial charge in [0.1, 0.15) is 0 Å². The van der Waals surface area contributed by atoms with Crippen LogP contribution in [0, 0.1) is 5.92 Å². The van der Waals surface area contributed by atoms with Crippen LogP contribution in [0.5, 0.6) is 0 Å². The van der Waals surface area contributed by atoms with E-state index in [9.17, 15) is 4.79 Å². The summed E-state index contributed by atoms with van der Waals surface area (Å²) in [6.45, 7) is 1.86. The molecule has 2 aliphatic rings. The molecule has 1 aromatic heterocycles. The van der Waals surface area contributed by atoms with E-state index in [1.807, 2.05) is 18.5 Å². The highest BCUT2D eigenvalue weighted by atomic mass is 16.7. The summed E-state index contributed by atoms with van der Waals surface area (Å²) in [5.74, 6) is 0.749. The van der Waals surface area contributed by atoms with Crippen molar-refractivity contribution in [1.82, 2.24) is 14.9 Å². The van der Waals surface area contributed by atoms with Crippen molar-refractivity contribution in [2.24, 2.45) is 5.92 Å². The van der Waals surface area contributed by atoms with Crippen LogP contribution in [0.3, 0.4) is 0 Å². The molecule has 0 unspecified atom stereocenters. The molecule has 5 heteroatoms. The van der Waals surface area contributed by atoms with Crippen LogP contribution in [-0.2, 0) is 15.2 Å². The Balaban J connectivity index is 1.72. The Morgan fingerprint density at radius 1 is 1.57 bits per heavy atom. The van der Waals surface area contributed by atoms with E-state index in [1.54, 1.807) is 7.05 Å². The Hall–Kier alpha value is -1.46. The summed E-state index contributed by atoms with van der Waals surface area (Å²) < 4.78 is 0. The molecule has 3 rings (SSSR count). The predicted molar refractivity (Wildman–Crippen MR) is 79.2 cm³/mol. The molecule has 0 N–H and O–H groups in total. The summed E-state index contributed by atoms with van der Waals surface area (Å²) in [4.78, 5) is 23.7. The van der Waals surface area contributed by atoms with Gasteiger partial charge in [-0.25, -0.2) is 5.06 Å². The third-order valence-corrected chi connectivity index (χ3v) is 5.24. The van der Waals surface area contributed by atoms with Gasteiger partial charge in [-0.2, -0.15) is 0 Å². The van der Waals surface area contributed by atoms with Gasteiger partial charge in [0, 0.05) is 32.4 Å². The topological polar surface area (TPSA) is 45.7 Å². The number of carbonyl (C=O) groups is 1. The summed E-state index contributed by atoms with van der Waals surface area (Å²) >= 11 is 0. The molecule has 114 valence electrons. The average Bonchev–Trinajstić information content (AvgIpc) is 2.75. The van der Waals surface area contributed by atoms with E-state index < -0.39 is 0 Å². The maximum atomic E-state index is 11.9. The Labute approximate surface area is 125 Å². The Kier molecular flexibility index (Phi) is 3.95. The fraction of sp³-hybridized carbons (Fsp3) is 0.625. The first kappa shape index (κ1) is 14.5. The minimum Gasteiger partial charge on any atom is -0.293 e. The van der Waals surface area contributed by atoms with Crippen LogP contribution in [0.4, 0.5) is 0 Å². The van der Waals surface area contributed by atoms with Crippen LogP contribution in [0.15, 0.2) is 24.5 Å². The fourth-order valence-electron chi connectivity index (χ4n) is 3.92. The lowest BCUT2D eigenvalue weighted by Crippen LogP contribution is -2.52. The third-order valence-electron chi connectivity index (χ3n) is 5.24. The molecular formula is C16H23N3O2. The summed E-state index contributed by atoms with van der Waals surface area (Å²) in [7, 11) is 3.18. The van der Waals surface area contributed by atoms with E-state index in [0.717, 1.165) is 19.0 Å². The van der Waals surface area contributed by atoms with Gasteiger partial charge in [-0.15, -0.1) is 0 Å². The first-order chi connectivity index (χ1) is 10.2. The molecule has 1 aliphatic carbocycles. The van der Waals surface area contributed by atoms with Gasteiger partial charge in [0.05, 0.1) is 12.6 Å². The highest BCUT2D eigenvalue weighted by Crippen LogP contribution is 2.56. The second kappa shape index (κ2) is 5.73. The largest absolute Gasteiger partial charge is 0.293 e. The van der Waals surface area contributed by atoms with Crippen molar-refractivity contribution in [1.29, 1.82) is 0 Å². The molecule has 1 saturated carbocycles. The van der Waals surface area contributed by atoms with Crippen molar-refractivity contribution >= 4 is 5.91 Å². The highest BCUT2D eigenvalue weighted by Gasteiger charge is 2.55. The SMILES string of the molecule is CON(C)C(=O)CCN1CC[C@@H]2CC[C@@]21c1cccnc1. The van der Waals surface area contributed by atoms with Crippen LogP contribution in [0.2, 0.25) is 0 Å². The number of pyridine rings is 1. The fourth-order valence-corrected chi connectivity index (χ4v) is 3.92. The molecule has 0 spiro atoms. The number of likely N-dealkylation sites (tertiary alicyclic amines) is 1. The van der Waals surface area contributed by atoms with Gasteiger partial charge < -0.3 is 0 Å².